The quantitative estimate of drug-likeness (QED) is 0.827. The molecule has 1 aromatic carbocycles. The lowest BCUT2D eigenvalue weighted by atomic mass is 10.0. The van der Waals surface area contributed by atoms with E-state index in [-0.39, 0.29) is 5.56 Å². The van der Waals surface area contributed by atoms with Gasteiger partial charge in [-0.05, 0) is 36.2 Å². The van der Waals surface area contributed by atoms with E-state index in [1.807, 2.05) is 6.92 Å². The fourth-order valence-corrected chi connectivity index (χ4v) is 1.67. The molecule has 0 aliphatic heterocycles. The molecule has 0 aliphatic rings. The van der Waals surface area contributed by atoms with Gasteiger partial charge >= 0.3 is 5.97 Å². The van der Waals surface area contributed by atoms with Crippen molar-refractivity contribution in [2.75, 3.05) is 5.73 Å². The first-order chi connectivity index (χ1) is 8.08. The molecular weight excluding hydrogens is 216 g/mol. The highest BCUT2D eigenvalue weighted by atomic mass is 16.4. The number of hydrogen-bond donors (Lipinski definition) is 2. The highest BCUT2D eigenvalue weighted by molar-refractivity contribution is 5.88. The van der Waals surface area contributed by atoms with Gasteiger partial charge in [0.05, 0.1) is 5.56 Å². The summed E-state index contributed by atoms with van der Waals surface area (Å²) in [6.45, 7) is 1.94. The lowest BCUT2D eigenvalue weighted by Gasteiger charge is -2.06. The number of benzene rings is 1. The number of nitrogen functional groups attached to an aromatic ring is 1. The Morgan fingerprint density at radius 1 is 1.29 bits per heavy atom. The summed E-state index contributed by atoms with van der Waals surface area (Å²) in [6, 6.07) is 8.48. The highest BCUT2D eigenvalue weighted by Crippen LogP contribution is 2.23. The number of nitrogens with zero attached hydrogens (tertiary/aromatic N) is 1. The molecule has 86 valence electrons. The predicted molar refractivity (Wildman–Crippen MR) is 65.8 cm³/mol. The van der Waals surface area contributed by atoms with Crippen LogP contribution in [-0.2, 0) is 0 Å². The first-order valence-corrected chi connectivity index (χ1v) is 5.14. The van der Waals surface area contributed by atoms with Gasteiger partial charge in [-0.3, -0.25) is 0 Å². The zero-order valence-corrected chi connectivity index (χ0v) is 9.34. The van der Waals surface area contributed by atoms with E-state index >= 15 is 0 Å². The average molecular weight is 228 g/mol. The van der Waals surface area contributed by atoms with Crippen LogP contribution >= 0.6 is 0 Å². The van der Waals surface area contributed by atoms with Gasteiger partial charge in [-0.25, -0.2) is 9.78 Å². The summed E-state index contributed by atoms with van der Waals surface area (Å²) in [5, 5.41) is 8.81. The molecule has 3 N–H and O–H groups in total. The number of aromatic carboxylic acids is 1. The summed E-state index contributed by atoms with van der Waals surface area (Å²) < 4.78 is 0. The van der Waals surface area contributed by atoms with E-state index in [0.717, 1.165) is 16.7 Å². The zero-order chi connectivity index (χ0) is 12.4. The number of nitrogens with two attached hydrogens (primary N) is 1. The number of anilines is 1. The van der Waals surface area contributed by atoms with Gasteiger partial charge in [-0.1, -0.05) is 12.1 Å². The molecule has 0 saturated carbocycles. The molecule has 17 heavy (non-hydrogen) atoms. The van der Waals surface area contributed by atoms with Crippen LogP contribution in [0.25, 0.3) is 11.1 Å². The molecule has 0 spiro atoms. The highest BCUT2D eigenvalue weighted by Gasteiger charge is 2.05. The second kappa shape index (κ2) is 4.25. The average Bonchev–Trinajstić information content (AvgIpc) is 2.29. The largest absolute Gasteiger partial charge is 0.478 e. The van der Waals surface area contributed by atoms with E-state index < -0.39 is 5.97 Å². The minimum Gasteiger partial charge on any atom is -0.478 e. The molecule has 4 nitrogen and oxygen atoms in total. The van der Waals surface area contributed by atoms with Gasteiger partial charge in [-0.15, -0.1) is 0 Å². The number of hydrogen-bond acceptors (Lipinski definition) is 3. The van der Waals surface area contributed by atoms with Crippen molar-refractivity contribution >= 4 is 11.8 Å². The SMILES string of the molecule is Cc1cc(N)ncc1-c1ccc(C(=O)O)cc1. The van der Waals surface area contributed by atoms with Crippen LogP contribution in [-0.4, -0.2) is 16.1 Å². The van der Waals surface area contributed by atoms with Gasteiger partial charge in [0.25, 0.3) is 0 Å². The Bertz CT molecular complexity index is 562. The van der Waals surface area contributed by atoms with E-state index in [1.165, 1.54) is 0 Å². The van der Waals surface area contributed by atoms with Gasteiger partial charge in [0, 0.05) is 11.8 Å². The van der Waals surface area contributed by atoms with Crippen LogP contribution in [0.1, 0.15) is 15.9 Å². The van der Waals surface area contributed by atoms with Gasteiger partial charge < -0.3 is 10.8 Å². The molecular formula is C13H12N2O2. The summed E-state index contributed by atoms with van der Waals surface area (Å²) >= 11 is 0. The second-order valence-corrected chi connectivity index (χ2v) is 3.81. The molecule has 0 amide bonds. The van der Waals surface area contributed by atoms with Crippen LogP contribution in [0.4, 0.5) is 5.82 Å². The Balaban J connectivity index is 2.43. The van der Waals surface area contributed by atoms with Crippen molar-refractivity contribution in [3.63, 3.8) is 0 Å². The Morgan fingerprint density at radius 3 is 2.47 bits per heavy atom. The molecule has 0 bridgehead atoms. The molecule has 1 heterocycles. The summed E-state index contributed by atoms with van der Waals surface area (Å²) in [4.78, 5) is 14.8. The van der Waals surface area contributed by atoms with Crippen molar-refractivity contribution in [3.05, 3.63) is 47.7 Å². The van der Waals surface area contributed by atoms with Gasteiger partial charge in [-0.2, -0.15) is 0 Å². The monoisotopic (exact) mass is 228 g/mol. The number of carboxylic acids is 1. The number of aryl methyl sites for hydroxylation is 1. The third-order valence-corrected chi connectivity index (χ3v) is 2.57. The summed E-state index contributed by atoms with van der Waals surface area (Å²) in [5.74, 6) is -0.447. The van der Waals surface area contributed by atoms with Crippen LogP contribution in [0.3, 0.4) is 0 Å². The number of rotatable bonds is 2. The second-order valence-electron chi connectivity index (χ2n) is 3.81. The Morgan fingerprint density at radius 2 is 1.94 bits per heavy atom. The van der Waals surface area contributed by atoms with E-state index in [2.05, 4.69) is 4.98 Å². The number of carbonyl (C=O) groups is 1. The minimum absolute atomic E-state index is 0.273. The number of aromatic nitrogens is 1. The Hall–Kier alpha value is -2.36. The topological polar surface area (TPSA) is 76.2 Å². The first-order valence-electron chi connectivity index (χ1n) is 5.14. The first kappa shape index (κ1) is 11.1. The molecule has 0 fully saturated rings. The molecule has 0 aliphatic carbocycles. The molecule has 0 radical (unpaired) electrons. The fraction of sp³-hybridized carbons (Fsp3) is 0.0769. The van der Waals surface area contributed by atoms with Crippen molar-refractivity contribution < 1.29 is 9.90 Å². The Labute approximate surface area is 98.7 Å². The summed E-state index contributed by atoms with van der Waals surface area (Å²) in [5.41, 5.74) is 8.75. The van der Waals surface area contributed by atoms with Crippen molar-refractivity contribution in [3.8, 4) is 11.1 Å². The Kier molecular flexibility index (Phi) is 2.78. The van der Waals surface area contributed by atoms with Crippen LogP contribution in [0.15, 0.2) is 36.5 Å². The van der Waals surface area contributed by atoms with Crippen molar-refractivity contribution in [2.24, 2.45) is 0 Å². The zero-order valence-electron chi connectivity index (χ0n) is 9.34. The lowest BCUT2D eigenvalue weighted by Crippen LogP contribution is -1.96. The molecule has 0 saturated heterocycles. The van der Waals surface area contributed by atoms with E-state index in [9.17, 15) is 4.79 Å². The predicted octanol–water partition coefficient (Wildman–Crippen LogP) is 2.34. The van der Waals surface area contributed by atoms with Crippen LogP contribution in [0.5, 0.6) is 0 Å². The number of pyridine rings is 1. The minimum atomic E-state index is -0.927. The molecule has 2 aromatic rings. The molecule has 0 atom stereocenters. The van der Waals surface area contributed by atoms with Crippen LogP contribution in [0, 0.1) is 6.92 Å². The third kappa shape index (κ3) is 2.25. The van der Waals surface area contributed by atoms with Gasteiger partial charge in [0.2, 0.25) is 0 Å². The maximum Gasteiger partial charge on any atom is 0.335 e. The van der Waals surface area contributed by atoms with Crippen molar-refractivity contribution in [1.82, 2.24) is 4.98 Å². The van der Waals surface area contributed by atoms with E-state index in [4.69, 9.17) is 10.8 Å². The van der Waals surface area contributed by atoms with Crippen LogP contribution in [0.2, 0.25) is 0 Å². The van der Waals surface area contributed by atoms with Crippen molar-refractivity contribution in [2.45, 2.75) is 6.92 Å². The molecule has 1 aromatic heterocycles. The van der Waals surface area contributed by atoms with E-state index in [1.54, 1.807) is 36.5 Å². The maximum atomic E-state index is 10.7. The summed E-state index contributed by atoms with van der Waals surface area (Å²) in [7, 11) is 0. The maximum absolute atomic E-state index is 10.7. The molecule has 4 heteroatoms. The van der Waals surface area contributed by atoms with E-state index in [0.29, 0.717) is 5.82 Å². The fourth-order valence-electron chi connectivity index (χ4n) is 1.67. The lowest BCUT2D eigenvalue weighted by molar-refractivity contribution is 0.0697. The standard InChI is InChI=1S/C13H12N2O2/c1-8-6-12(14)15-7-11(8)9-2-4-10(5-3-9)13(16)17/h2-7H,1H3,(H2,14,15)(H,16,17). The van der Waals surface area contributed by atoms with Crippen LogP contribution < -0.4 is 5.73 Å². The smallest absolute Gasteiger partial charge is 0.335 e. The normalized spacial score (nSPS) is 10.2. The van der Waals surface area contributed by atoms with Gasteiger partial charge in [0.1, 0.15) is 5.82 Å². The summed E-state index contributed by atoms with van der Waals surface area (Å²) in [6.07, 6.45) is 1.69. The number of carboxylic acid groups (broad SMARTS) is 1. The molecule has 0 unspecified atom stereocenters. The van der Waals surface area contributed by atoms with Gasteiger partial charge in [0.15, 0.2) is 0 Å². The molecule has 2 rings (SSSR count). The third-order valence-electron chi connectivity index (χ3n) is 2.57. The van der Waals surface area contributed by atoms with Crippen molar-refractivity contribution in [1.29, 1.82) is 0 Å².